The molecule has 0 aromatic heterocycles. The van der Waals surface area contributed by atoms with E-state index in [0.717, 1.165) is 24.2 Å². The molecule has 2 aliphatic rings. The van der Waals surface area contributed by atoms with Crippen LogP contribution in [0, 0.1) is 51.8 Å². The maximum atomic E-state index is 11.6. The highest BCUT2D eigenvalue weighted by Gasteiger charge is 2.45. The summed E-state index contributed by atoms with van der Waals surface area (Å²) in [6.45, 7) is 16.9. The number of hydrogen-bond acceptors (Lipinski definition) is 2. The van der Waals surface area contributed by atoms with Gasteiger partial charge in [0.1, 0.15) is 5.78 Å². The predicted octanol–water partition coefficient (Wildman–Crippen LogP) is 6.65. The van der Waals surface area contributed by atoms with E-state index in [2.05, 4.69) is 54.5 Å². The van der Waals surface area contributed by atoms with Gasteiger partial charge in [0.2, 0.25) is 0 Å². The smallest absolute Gasteiger partial charge is 0.135 e. The van der Waals surface area contributed by atoms with E-state index < -0.39 is 0 Å². The van der Waals surface area contributed by atoms with Gasteiger partial charge in [0.05, 0.1) is 6.07 Å². The van der Waals surface area contributed by atoms with Crippen molar-refractivity contribution in [3.8, 4) is 6.07 Å². The summed E-state index contributed by atoms with van der Waals surface area (Å²) in [5, 5.41) is 8.92. The second kappa shape index (κ2) is 8.70. The number of ketones is 1. The number of nitrogens with zero attached hydrogens (tertiary/aromatic N) is 1. The van der Waals surface area contributed by atoms with Crippen LogP contribution in [-0.4, -0.2) is 5.78 Å². The molecular weight excluding hydrogens is 306 g/mol. The number of hydrogen-bond donors (Lipinski definition) is 0. The zero-order valence-electron chi connectivity index (χ0n) is 18.0. The largest absolute Gasteiger partial charge is 0.299 e. The Bertz CT molecular complexity index is 481. The van der Waals surface area contributed by atoms with E-state index in [1.807, 2.05) is 0 Å². The van der Waals surface area contributed by atoms with Gasteiger partial charge < -0.3 is 0 Å². The van der Waals surface area contributed by atoms with Crippen molar-refractivity contribution in [1.29, 1.82) is 5.26 Å². The first-order valence-electron chi connectivity index (χ1n) is 10.3. The second-order valence-corrected chi connectivity index (χ2v) is 10.4. The molecule has 5 unspecified atom stereocenters. The van der Waals surface area contributed by atoms with Crippen LogP contribution in [0.2, 0.25) is 0 Å². The third-order valence-electron chi connectivity index (χ3n) is 6.75. The molecule has 0 saturated heterocycles. The Balaban J connectivity index is 0.000000250. The van der Waals surface area contributed by atoms with Gasteiger partial charge in [-0.3, -0.25) is 4.79 Å². The van der Waals surface area contributed by atoms with Gasteiger partial charge in [-0.25, -0.2) is 0 Å². The average molecular weight is 348 g/mol. The fourth-order valence-corrected chi connectivity index (χ4v) is 5.18. The third kappa shape index (κ3) is 5.83. The Hall–Kier alpha value is -0.840. The molecule has 5 atom stereocenters. The molecule has 2 rings (SSSR count). The number of nitriles is 1. The van der Waals surface area contributed by atoms with E-state index in [1.54, 1.807) is 6.92 Å². The molecule has 0 aromatic rings. The van der Waals surface area contributed by atoms with Crippen LogP contribution in [-0.2, 0) is 4.79 Å². The molecule has 2 bridgehead atoms. The van der Waals surface area contributed by atoms with Gasteiger partial charge in [0.15, 0.2) is 0 Å². The van der Waals surface area contributed by atoms with Crippen molar-refractivity contribution in [3.05, 3.63) is 0 Å². The van der Waals surface area contributed by atoms with Gasteiger partial charge in [0, 0.05) is 11.3 Å². The molecule has 0 amide bonds. The fraction of sp³-hybridized carbons (Fsp3) is 0.913. The summed E-state index contributed by atoms with van der Waals surface area (Å²) in [5.74, 6) is 3.75. The maximum Gasteiger partial charge on any atom is 0.135 e. The Morgan fingerprint density at radius 1 is 1.16 bits per heavy atom. The summed E-state index contributed by atoms with van der Waals surface area (Å²) in [6.07, 6.45) is 7.62. The molecule has 0 aliphatic heterocycles. The second-order valence-electron chi connectivity index (χ2n) is 10.4. The molecule has 0 heterocycles. The van der Waals surface area contributed by atoms with Crippen LogP contribution in [0.25, 0.3) is 0 Å². The first-order chi connectivity index (χ1) is 11.4. The summed E-state index contributed by atoms with van der Waals surface area (Å²) in [5.41, 5.74) is 0.0724. The minimum Gasteiger partial charge on any atom is -0.299 e. The van der Waals surface area contributed by atoms with Gasteiger partial charge >= 0.3 is 0 Å². The molecule has 0 N–H and O–H groups in total. The quantitative estimate of drug-likeness (QED) is 0.559. The van der Waals surface area contributed by atoms with Crippen molar-refractivity contribution in [3.63, 3.8) is 0 Å². The van der Waals surface area contributed by atoms with Gasteiger partial charge in [-0.15, -0.1) is 0 Å². The lowest BCUT2D eigenvalue weighted by Crippen LogP contribution is -2.35. The number of carbonyl (C=O) groups is 1. The summed E-state index contributed by atoms with van der Waals surface area (Å²) in [6, 6.07) is 2.48. The first-order valence-corrected chi connectivity index (χ1v) is 10.3. The summed E-state index contributed by atoms with van der Waals surface area (Å²) < 4.78 is 0. The van der Waals surface area contributed by atoms with Crippen molar-refractivity contribution in [1.82, 2.24) is 0 Å². The van der Waals surface area contributed by atoms with Crippen LogP contribution in [0.5, 0.6) is 0 Å². The van der Waals surface area contributed by atoms with Crippen LogP contribution in [0.1, 0.15) is 93.9 Å². The average Bonchev–Trinajstić information content (AvgIpc) is 3.05. The van der Waals surface area contributed by atoms with Crippen LogP contribution in [0.4, 0.5) is 0 Å². The highest BCUT2D eigenvalue weighted by Crippen LogP contribution is 2.52. The van der Waals surface area contributed by atoms with E-state index in [9.17, 15) is 4.79 Å². The minimum absolute atomic E-state index is 0.155. The van der Waals surface area contributed by atoms with Gasteiger partial charge in [-0.05, 0) is 61.7 Å². The first kappa shape index (κ1) is 22.2. The minimum atomic E-state index is -0.155. The zero-order valence-corrected chi connectivity index (χ0v) is 18.0. The Kier molecular flexibility index (Phi) is 7.72. The number of Topliss-reactive ketones (excluding diaryl/α,β-unsaturated/α-hetero) is 1. The Labute approximate surface area is 156 Å². The monoisotopic (exact) mass is 347 g/mol. The molecular formula is C23H41NO. The standard InChI is InChI=1S/C12H24O.C11H17N/c1-9(2)12(7,10(3)13)8-11(4,5)6;1-2-3-9-4-8-5-10(7-12)11(9)6-8/h9H,8H2,1-7H3;8-11H,2-6H2,1H3. The Morgan fingerprint density at radius 2 is 1.76 bits per heavy atom. The van der Waals surface area contributed by atoms with E-state index in [0.29, 0.717) is 17.6 Å². The maximum absolute atomic E-state index is 11.6. The van der Waals surface area contributed by atoms with E-state index in [-0.39, 0.29) is 10.8 Å². The lowest BCUT2D eigenvalue weighted by molar-refractivity contribution is -0.129. The molecule has 0 radical (unpaired) electrons. The molecule has 0 aromatic carbocycles. The van der Waals surface area contributed by atoms with Crippen molar-refractivity contribution in [2.45, 2.75) is 93.9 Å². The van der Waals surface area contributed by atoms with Crippen molar-refractivity contribution >= 4 is 5.78 Å². The van der Waals surface area contributed by atoms with Crippen LogP contribution in [0.15, 0.2) is 0 Å². The van der Waals surface area contributed by atoms with Crippen LogP contribution in [0.3, 0.4) is 0 Å². The van der Waals surface area contributed by atoms with E-state index >= 15 is 0 Å². The van der Waals surface area contributed by atoms with E-state index in [1.165, 1.54) is 32.1 Å². The normalized spacial score (nSPS) is 30.4. The van der Waals surface area contributed by atoms with Gasteiger partial charge in [0.25, 0.3) is 0 Å². The number of carbonyl (C=O) groups excluding carboxylic acids is 1. The van der Waals surface area contributed by atoms with Crippen molar-refractivity contribution in [2.75, 3.05) is 0 Å². The van der Waals surface area contributed by atoms with Gasteiger partial charge in [-0.2, -0.15) is 5.26 Å². The molecule has 2 heteroatoms. The molecule has 2 saturated carbocycles. The fourth-order valence-electron chi connectivity index (χ4n) is 5.18. The summed E-state index contributed by atoms with van der Waals surface area (Å²) >= 11 is 0. The zero-order chi connectivity index (χ0) is 19.4. The molecule has 144 valence electrons. The lowest BCUT2D eigenvalue weighted by atomic mass is 9.67. The topological polar surface area (TPSA) is 40.9 Å². The van der Waals surface area contributed by atoms with Crippen LogP contribution < -0.4 is 0 Å². The predicted molar refractivity (Wildman–Crippen MR) is 106 cm³/mol. The third-order valence-corrected chi connectivity index (χ3v) is 6.75. The Morgan fingerprint density at radius 3 is 2.08 bits per heavy atom. The number of rotatable bonds is 5. The summed E-state index contributed by atoms with van der Waals surface area (Å²) in [7, 11) is 0. The van der Waals surface area contributed by atoms with Crippen molar-refractivity contribution < 1.29 is 4.79 Å². The lowest BCUT2D eigenvalue weighted by Gasteiger charge is -2.37. The molecule has 0 spiro atoms. The highest BCUT2D eigenvalue weighted by molar-refractivity contribution is 5.82. The summed E-state index contributed by atoms with van der Waals surface area (Å²) in [4.78, 5) is 11.6. The van der Waals surface area contributed by atoms with Gasteiger partial charge in [-0.1, -0.05) is 61.3 Å². The molecule has 2 aliphatic carbocycles. The molecule has 2 nitrogen and oxygen atoms in total. The van der Waals surface area contributed by atoms with E-state index in [4.69, 9.17) is 5.26 Å². The molecule has 2 fully saturated rings. The van der Waals surface area contributed by atoms with Crippen molar-refractivity contribution in [2.24, 2.45) is 40.4 Å². The van der Waals surface area contributed by atoms with Crippen LogP contribution >= 0.6 is 0 Å². The highest BCUT2D eigenvalue weighted by atomic mass is 16.1. The SMILES string of the molecule is CC(=O)C(C)(CC(C)(C)C)C(C)C.CCCC1CC2CC(C#N)C1C2. The molecule has 25 heavy (non-hydrogen) atoms. The number of fused-ring (bicyclic) bond motifs is 2.